The molecule has 0 radical (unpaired) electrons. The molecule has 3 N–H and O–H groups in total. The Morgan fingerprint density at radius 2 is 1.88 bits per heavy atom. The predicted molar refractivity (Wildman–Crippen MR) is 138 cm³/mol. The number of aliphatic hydroxyl groups is 1. The highest BCUT2D eigenvalue weighted by atomic mass is 19.1. The van der Waals surface area contributed by atoms with Gasteiger partial charge in [0.25, 0.3) is 0 Å². The van der Waals surface area contributed by atoms with Gasteiger partial charge in [-0.2, -0.15) is 10.2 Å². The molecule has 0 fully saturated rings. The van der Waals surface area contributed by atoms with Crippen LogP contribution in [0.25, 0.3) is 5.69 Å². The van der Waals surface area contributed by atoms with Gasteiger partial charge in [-0.1, -0.05) is 18.2 Å². The quantitative estimate of drug-likeness (QED) is 0.128. The number of amides is 1. The van der Waals surface area contributed by atoms with E-state index in [-0.39, 0.29) is 30.8 Å². The topological polar surface area (TPSA) is 143 Å². The molecule has 1 amide bonds. The molecule has 1 atom stereocenters. The van der Waals surface area contributed by atoms with Gasteiger partial charge in [0.1, 0.15) is 36.2 Å². The minimum absolute atomic E-state index is 0.00333. The maximum atomic E-state index is 14.7. The van der Waals surface area contributed by atoms with E-state index in [0.717, 1.165) is 17.7 Å². The van der Waals surface area contributed by atoms with Crippen molar-refractivity contribution in [3.63, 3.8) is 0 Å². The van der Waals surface area contributed by atoms with Crippen LogP contribution in [0.4, 0.5) is 8.78 Å². The van der Waals surface area contributed by atoms with Gasteiger partial charge in [-0.05, 0) is 43.7 Å². The molecule has 4 rings (SSSR count). The molecule has 0 aliphatic heterocycles. The van der Waals surface area contributed by atoms with Crippen molar-refractivity contribution in [3.8, 4) is 5.69 Å². The van der Waals surface area contributed by atoms with E-state index in [1.807, 2.05) is 12.1 Å². The van der Waals surface area contributed by atoms with Gasteiger partial charge < -0.3 is 5.11 Å². The van der Waals surface area contributed by atoms with E-state index in [9.17, 15) is 23.5 Å². The van der Waals surface area contributed by atoms with E-state index < -0.39 is 23.1 Å². The number of hydroxylamine groups is 1. The molecule has 212 valence electrons. The standard InChI is InChI=1S/C26H30F2N8O4/c1-33(14-26(39,15-34-17-29-16-30-34)22-10-7-20(27)12-23(22)28)13-19-5-8-21(9-6-19)35-18-31-36(25(35)38)11-3-2-4-24(37)32-40/h5-10,12,16-18,39-40H,2-4,11,13-15H2,1H3,(H,32,37). The number of carbonyl (C=O) groups is 1. The van der Waals surface area contributed by atoms with Crippen LogP contribution in [0.5, 0.6) is 0 Å². The monoisotopic (exact) mass is 556 g/mol. The smallest absolute Gasteiger partial charge is 0.350 e. The van der Waals surface area contributed by atoms with E-state index in [0.29, 0.717) is 31.6 Å². The summed E-state index contributed by atoms with van der Waals surface area (Å²) in [6.45, 7) is 0.627. The third-order valence-corrected chi connectivity index (χ3v) is 6.40. The van der Waals surface area contributed by atoms with Gasteiger partial charge >= 0.3 is 5.69 Å². The van der Waals surface area contributed by atoms with E-state index in [1.165, 1.54) is 39.0 Å². The first-order chi connectivity index (χ1) is 19.2. The summed E-state index contributed by atoms with van der Waals surface area (Å²) in [6.07, 6.45) is 5.33. The first kappa shape index (κ1) is 28.7. The summed E-state index contributed by atoms with van der Waals surface area (Å²) in [5.41, 5.74) is 0.942. The molecule has 0 saturated carbocycles. The fourth-order valence-electron chi connectivity index (χ4n) is 4.52. The number of aryl methyl sites for hydroxylation is 1. The van der Waals surface area contributed by atoms with Crippen LogP contribution in [-0.2, 0) is 30.0 Å². The van der Waals surface area contributed by atoms with Crippen LogP contribution in [0, 0.1) is 11.6 Å². The number of nitrogens with zero attached hydrogens (tertiary/aromatic N) is 7. The third kappa shape index (κ3) is 7.02. The van der Waals surface area contributed by atoms with Crippen LogP contribution in [0.2, 0.25) is 0 Å². The molecule has 2 aromatic heterocycles. The number of rotatable bonds is 13. The molecule has 0 aliphatic carbocycles. The highest BCUT2D eigenvalue weighted by Crippen LogP contribution is 2.28. The zero-order chi connectivity index (χ0) is 28.7. The van der Waals surface area contributed by atoms with Crippen molar-refractivity contribution in [1.82, 2.24) is 39.5 Å². The summed E-state index contributed by atoms with van der Waals surface area (Å²) in [7, 11) is 1.76. The number of likely N-dealkylation sites (N-methyl/N-ethyl adjacent to an activating group) is 1. The van der Waals surface area contributed by atoms with Crippen LogP contribution in [0.3, 0.4) is 0 Å². The third-order valence-electron chi connectivity index (χ3n) is 6.40. The summed E-state index contributed by atoms with van der Waals surface area (Å²) in [5.74, 6) is -2.08. The molecule has 14 heteroatoms. The van der Waals surface area contributed by atoms with E-state index >= 15 is 0 Å². The maximum Gasteiger partial charge on any atom is 0.350 e. The number of aromatic nitrogens is 6. The highest BCUT2D eigenvalue weighted by Gasteiger charge is 2.35. The first-order valence-corrected chi connectivity index (χ1v) is 12.5. The zero-order valence-electron chi connectivity index (χ0n) is 21.8. The lowest BCUT2D eigenvalue weighted by atomic mass is 9.92. The minimum Gasteiger partial charge on any atom is -0.382 e. The molecule has 12 nitrogen and oxygen atoms in total. The molecular formula is C26H30F2N8O4. The molecule has 2 heterocycles. The van der Waals surface area contributed by atoms with Crippen LogP contribution in [0.1, 0.15) is 30.4 Å². The van der Waals surface area contributed by atoms with Gasteiger partial charge in [0.05, 0.1) is 12.2 Å². The minimum atomic E-state index is -1.73. The first-order valence-electron chi connectivity index (χ1n) is 12.5. The summed E-state index contributed by atoms with van der Waals surface area (Å²) in [6, 6.07) is 10.3. The molecular weight excluding hydrogens is 526 g/mol. The van der Waals surface area contributed by atoms with E-state index in [1.54, 1.807) is 29.6 Å². The molecule has 0 aliphatic rings. The van der Waals surface area contributed by atoms with Crippen LogP contribution >= 0.6 is 0 Å². The summed E-state index contributed by atoms with van der Waals surface area (Å²) >= 11 is 0. The Balaban J connectivity index is 1.42. The Labute approximate surface area is 228 Å². The Kier molecular flexibility index (Phi) is 9.14. The van der Waals surface area contributed by atoms with Gasteiger partial charge in [-0.3, -0.25) is 14.9 Å². The van der Waals surface area contributed by atoms with Crippen molar-refractivity contribution in [3.05, 3.63) is 94.7 Å². The molecule has 2 aromatic carbocycles. The lowest BCUT2D eigenvalue weighted by Gasteiger charge is -2.33. The van der Waals surface area contributed by atoms with Gasteiger partial charge in [0.15, 0.2) is 0 Å². The SMILES string of the molecule is CN(Cc1ccc(-n2cnn(CCCCC(=O)NO)c2=O)cc1)CC(O)(Cn1cncn1)c1ccc(F)cc1F. The maximum absolute atomic E-state index is 14.7. The number of halogens is 2. The van der Waals surface area contributed by atoms with Crippen molar-refractivity contribution in [1.29, 1.82) is 0 Å². The molecule has 0 spiro atoms. The molecule has 1 unspecified atom stereocenters. The second kappa shape index (κ2) is 12.7. The largest absolute Gasteiger partial charge is 0.382 e. The normalized spacial score (nSPS) is 12.9. The summed E-state index contributed by atoms with van der Waals surface area (Å²) < 4.78 is 32.3. The Morgan fingerprint density at radius 1 is 1.10 bits per heavy atom. The van der Waals surface area contributed by atoms with Gasteiger partial charge in [0, 0.05) is 37.7 Å². The predicted octanol–water partition coefficient (Wildman–Crippen LogP) is 1.60. The van der Waals surface area contributed by atoms with Crippen LogP contribution in [0.15, 0.2) is 66.2 Å². The molecule has 0 bridgehead atoms. The van der Waals surface area contributed by atoms with Crippen molar-refractivity contribution >= 4 is 5.91 Å². The Hall–Kier alpha value is -4.27. The molecule has 40 heavy (non-hydrogen) atoms. The number of unbranched alkanes of at least 4 members (excludes halogenated alkanes) is 1. The van der Waals surface area contributed by atoms with E-state index in [4.69, 9.17) is 5.21 Å². The van der Waals surface area contributed by atoms with Crippen LogP contribution < -0.4 is 11.2 Å². The van der Waals surface area contributed by atoms with Crippen molar-refractivity contribution in [2.24, 2.45) is 0 Å². The average molecular weight is 557 g/mol. The fraction of sp³-hybridized carbons (Fsp3) is 0.346. The van der Waals surface area contributed by atoms with Crippen molar-refractivity contribution in [2.45, 2.75) is 44.5 Å². The molecule has 0 saturated heterocycles. The lowest BCUT2D eigenvalue weighted by Crippen LogP contribution is -2.43. The van der Waals surface area contributed by atoms with Crippen molar-refractivity contribution in [2.75, 3.05) is 13.6 Å². The second-order valence-corrected chi connectivity index (χ2v) is 9.59. The number of hydrogen-bond donors (Lipinski definition) is 3. The van der Waals surface area contributed by atoms with Gasteiger partial charge in [0.2, 0.25) is 5.91 Å². The molecule has 4 aromatic rings. The Bertz CT molecular complexity index is 1470. The van der Waals surface area contributed by atoms with Crippen molar-refractivity contribution < 1.29 is 23.9 Å². The van der Waals surface area contributed by atoms with Gasteiger partial charge in [-0.25, -0.2) is 38.0 Å². The highest BCUT2D eigenvalue weighted by molar-refractivity contribution is 5.74. The number of benzene rings is 2. The summed E-state index contributed by atoms with van der Waals surface area (Å²) in [4.78, 5) is 29.5. The summed E-state index contributed by atoms with van der Waals surface area (Å²) in [5, 5.41) is 28.2. The zero-order valence-corrected chi connectivity index (χ0v) is 21.8. The second-order valence-electron chi connectivity index (χ2n) is 9.59. The fourth-order valence-corrected chi connectivity index (χ4v) is 4.52. The number of carbonyl (C=O) groups excluding carboxylic acids is 1. The average Bonchev–Trinajstić information content (AvgIpc) is 3.56. The van der Waals surface area contributed by atoms with Crippen LogP contribution in [-0.4, -0.2) is 63.8 Å². The Morgan fingerprint density at radius 3 is 2.55 bits per heavy atom. The lowest BCUT2D eigenvalue weighted by molar-refractivity contribution is -0.129. The van der Waals surface area contributed by atoms with Gasteiger partial charge in [-0.15, -0.1) is 0 Å². The van der Waals surface area contributed by atoms with E-state index in [2.05, 4.69) is 15.2 Å². The number of hydrogen-bond acceptors (Lipinski definition) is 8. The number of nitrogens with one attached hydrogen (secondary N) is 1.